The highest BCUT2D eigenvalue weighted by Crippen LogP contribution is 2.16. The molecule has 0 spiro atoms. The molecule has 0 unspecified atom stereocenters. The van der Waals surface area contributed by atoms with Crippen LogP contribution in [0.4, 0.5) is 0 Å². The van der Waals surface area contributed by atoms with Crippen molar-refractivity contribution in [2.24, 2.45) is 0 Å². The van der Waals surface area contributed by atoms with E-state index < -0.39 is 0 Å². The predicted molar refractivity (Wildman–Crippen MR) is 59.6 cm³/mol. The molecule has 81 valence electrons. The van der Waals surface area contributed by atoms with E-state index in [0.717, 1.165) is 5.56 Å². The number of benzene rings is 1. The molecule has 0 saturated carbocycles. The monoisotopic (exact) mass is 215 g/mol. The van der Waals surface area contributed by atoms with Crippen molar-refractivity contribution < 1.29 is 14.7 Å². The lowest BCUT2D eigenvalue weighted by Crippen LogP contribution is -1.97. The van der Waals surface area contributed by atoms with E-state index in [1.54, 1.807) is 24.0 Å². The topological polar surface area (TPSA) is 54.4 Å². The van der Waals surface area contributed by atoms with Gasteiger partial charge in [-0.15, -0.1) is 0 Å². The van der Waals surface area contributed by atoms with Crippen LogP contribution in [0.5, 0.6) is 0 Å². The van der Waals surface area contributed by atoms with Gasteiger partial charge in [0.2, 0.25) is 0 Å². The smallest absolute Gasteiger partial charge is 0.127 e. The number of allylic oxidation sites excluding steroid dienone is 1. The van der Waals surface area contributed by atoms with E-state index >= 15 is 0 Å². The minimum absolute atomic E-state index is 0.126. The van der Waals surface area contributed by atoms with Gasteiger partial charge in [-0.25, -0.2) is 9.59 Å². The Morgan fingerprint density at radius 1 is 1.12 bits per heavy atom. The standard InChI is InChI=1S/C13H11O3/c14-9-1-3-11-5-7-12(8-6-11)13(16)4-2-10-15/h1-2,5-8,16H,3-4H2. The highest BCUT2D eigenvalue weighted by atomic mass is 16.3. The van der Waals surface area contributed by atoms with Crippen LogP contribution in [0, 0.1) is 6.10 Å². The number of carbonyl (C=O) groups excluding carboxylic acids is 2. The Balaban J connectivity index is 2.69. The SMILES string of the molecule is O=C=CC[C](O)c1ccc(CC=C=O)cc1. The van der Waals surface area contributed by atoms with E-state index in [-0.39, 0.29) is 12.5 Å². The lowest BCUT2D eigenvalue weighted by atomic mass is 10.0. The third-order valence-electron chi connectivity index (χ3n) is 2.09. The normalized spacial score (nSPS) is 9.38. The van der Waals surface area contributed by atoms with Crippen LogP contribution in [-0.2, 0) is 16.0 Å². The predicted octanol–water partition coefficient (Wildman–Crippen LogP) is 1.65. The molecule has 0 aliphatic heterocycles. The zero-order valence-corrected chi connectivity index (χ0v) is 8.64. The molecule has 1 aromatic carbocycles. The van der Waals surface area contributed by atoms with E-state index in [1.165, 1.54) is 12.2 Å². The lowest BCUT2D eigenvalue weighted by Gasteiger charge is -2.06. The molecular formula is C13H11O3. The Morgan fingerprint density at radius 2 is 1.75 bits per heavy atom. The second-order valence-electron chi connectivity index (χ2n) is 3.20. The lowest BCUT2D eigenvalue weighted by molar-refractivity contribution is 0.326. The summed E-state index contributed by atoms with van der Waals surface area (Å²) >= 11 is 0. The van der Waals surface area contributed by atoms with Crippen LogP contribution >= 0.6 is 0 Å². The third kappa shape index (κ3) is 3.68. The molecule has 0 aliphatic rings. The average molecular weight is 215 g/mol. The second-order valence-corrected chi connectivity index (χ2v) is 3.20. The number of aliphatic hydroxyl groups excluding tert-OH is 1. The molecule has 1 N–H and O–H groups in total. The molecule has 3 heteroatoms. The average Bonchev–Trinajstić information content (AvgIpc) is 2.34. The number of hydrogen-bond acceptors (Lipinski definition) is 3. The van der Waals surface area contributed by atoms with Gasteiger partial charge in [0.05, 0.1) is 0 Å². The molecule has 0 aliphatic carbocycles. The van der Waals surface area contributed by atoms with E-state index in [0.29, 0.717) is 12.0 Å². The van der Waals surface area contributed by atoms with Crippen LogP contribution in [0.3, 0.4) is 0 Å². The summed E-state index contributed by atoms with van der Waals surface area (Å²) in [5, 5.41) is 9.55. The first-order valence-corrected chi connectivity index (χ1v) is 4.80. The summed E-state index contributed by atoms with van der Waals surface area (Å²) < 4.78 is 0. The fourth-order valence-corrected chi connectivity index (χ4v) is 1.25. The van der Waals surface area contributed by atoms with Gasteiger partial charge < -0.3 is 5.11 Å². The van der Waals surface area contributed by atoms with Crippen LogP contribution in [0.15, 0.2) is 36.4 Å². The maximum atomic E-state index is 10.0. The molecule has 16 heavy (non-hydrogen) atoms. The fourth-order valence-electron chi connectivity index (χ4n) is 1.25. The number of aliphatic hydroxyl groups is 1. The van der Waals surface area contributed by atoms with Crippen molar-refractivity contribution in [3.8, 4) is 0 Å². The number of hydrogen-bond donors (Lipinski definition) is 1. The van der Waals surface area contributed by atoms with Gasteiger partial charge in [-0.3, -0.25) is 0 Å². The van der Waals surface area contributed by atoms with Crippen LogP contribution in [0.2, 0.25) is 0 Å². The van der Waals surface area contributed by atoms with Crippen LogP contribution in [0.25, 0.3) is 0 Å². The Kier molecular flexibility index (Phi) is 4.97. The van der Waals surface area contributed by atoms with Gasteiger partial charge in [0.15, 0.2) is 0 Å². The van der Waals surface area contributed by atoms with E-state index in [1.807, 2.05) is 12.1 Å². The molecule has 1 radical (unpaired) electrons. The van der Waals surface area contributed by atoms with Crippen molar-refractivity contribution in [2.75, 3.05) is 0 Å². The molecular weight excluding hydrogens is 204 g/mol. The summed E-state index contributed by atoms with van der Waals surface area (Å²) in [6.45, 7) is 0. The maximum absolute atomic E-state index is 10.0. The van der Waals surface area contributed by atoms with Crippen LogP contribution < -0.4 is 0 Å². The number of rotatable bonds is 5. The molecule has 0 bridgehead atoms. The molecule has 0 amide bonds. The molecule has 3 nitrogen and oxygen atoms in total. The van der Waals surface area contributed by atoms with Gasteiger partial charge in [-0.05, 0) is 11.1 Å². The quantitative estimate of drug-likeness (QED) is 0.760. The van der Waals surface area contributed by atoms with E-state index in [9.17, 15) is 14.7 Å². The first kappa shape index (κ1) is 12.2. The van der Waals surface area contributed by atoms with E-state index in [2.05, 4.69) is 0 Å². The summed E-state index contributed by atoms with van der Waals surface area (Å²) in [7, 11) is 0. The second kappa shape index (κ2) is 6.54. The summed E-state index contributed by atoms with van der Waals surface area (Å²) in [6, 6.07) is 7.10. The molecule has 0 atom stereocenters. The van der Waals surface area contributed by atoms with Gasteiger partial charge in [0, 0.05) is 25.0 Å². The minimum Gasteiger partial charge on any atom is -0.381 e. The van der Waals surface area contributed by atoms with Gasteiger partial charge in [-0.1, -0.05) is 24.3 Å². The summed E-state index contributed by atoms with van der Waals surface area (Å²) in [4.78, 5) is 20.0. The zero-order valence-electron chi connectivity index (χ0n) is 8.64. The summed E-state index contributed by atoms with van der Waals surface area (Å²) in [5.74, 6) is 3.31. The Hall–Kier alpha value is -1.92. The Bertz CT molecular complexity index is 421. The fraction of sp³-hybridized carbons (Fsp3) is 0.154. The third-order valence-corrected chi connectivity index (χ3v) is 2.09. The van der Waals surface area contributed by atoms with Gasteiger partial charge in [0.1, 0.15) is 18.0 Å². The van der Waals surface area contributed by atoms with Crippen LogP contribution in [-0.4, -0.2) is 17.0 Å². The van der Waals surface area contributed by atoms with Crippen molar-refractivity contribution >= 4 is 11.9 Å². The molecule has 0 fully saturated rings. The highest BCUT2D eigenvalue weighted by molar-refractivity contribution is 5.47. The highest BCUT2D eigenvalue weighted by Gasteiger charge is 2.06. The zero-order chi connectivity index (χ0) is 11.8. The summed E-state index contributed by atoms with van der Waals surface area (Å²) in [6.07, 6.45) is 3.45. The van der Waals surface area contributed by atoms with Crippen LogP contribution in [0.1, 0.15) is 17.5 Å². The summed E-state index contributed by atoms with van der Waals surface area (Å²) in [5.41, 5.74) is 1.62. The van der Waals surface area contributed by atoms with Crippen molar-refractivity contribution in [1.29, 1.82) is 0 Å². The van der Waals surface area contributed by atoms with E-state index in [4.69, 9.17) is 0 Å². The first-order valence-electron chi connectivity index (χ1n) is 4.80. The largest absolute Gasteiger partial charge is 0.381 e. The molecule has 0 aromatic heterocycles. The molecule has 0 heterocycles. The molecule has 0 saturated heterocycles. The van der Waals surface area contributed by atoms with Crippen molar-refractivity contribution in [2.45, 2.75) is 12.8 Å². The van der Waals surface area contributed by atoms with Gasteiger partial charge in [0.25, 0.3) is 0 Å². The Morgan fingerprint density at radius 3 is 2.31 bits per heavy atom. The molecule has 1 aromatic rings. The van der Waals surface area contributed by atoms with Crippen molar-refractivity contribution in [3.05, 3.63) is 53.6 Å². The van der Waals surface area contributed by atoms with Crippen molar-refractivity contribution in [1.82, 2.24) is 0 Å². The Labute approximate surface area is 93.7 Å². The maximum Gasteiger partial charge on any atom is 0.127 e. The first-order chi connectivity index (χ1) is 7.77. The minimum atomic E-state index is 0.126. The molecule has 1 rings (SSSR count). The van der Waals surface area contributed by atoms with Crippen molar-refractivity contribution in [3.63, 3.8) is 0 Å². The van der Waals surface area contributed by atoms with Gasteiger partial charge >= 0.3 is 0 Å². The van der Waals surface area contributed by atoms with Gasteiger partial charge in [-0.2, -0.15) is 0 Å².